The number of amides is 1. The molecule has 2 aromatic rings. The van der Waals surface area contributed by atoms with Crippen LogP contribution in [0.1, 0.15) is 63.9 Å². The van der Waals surface area contributed by atoms with Crippen LogP contribution in [-0.2, 0) is 14.8 Å². The molecule has 5 rings (SSSR count). The predicted octanol–water partition coefficient (Wildman–Crippen LogP) is 2.88. The van der Waals surface area contributed by atoms with Gasteiger partial charge in [0.25, 0.3) is 0 Å². The lowest BCUT2D eigenvalue weighted by Gasteiger charge is -2.36. The molecule has 7 nitrogen and oxygen atoms in total. The molecule has 8 heteroatoms. The van der Waals surface area contributed by atoms with E-state index in [1.54, 1.807) is 29.2 Å². The summed E-state index contributed by atoms with van der Waals surface area (Å²) in [4.78, 5) is 40.3. The van der Waals surface area contributed by atoms with Crippen LogP contribution in [0.15, 0.2) is 47.4 Å². The fraction of sp³-hybridized carbons (Fsp3) is 0.400. The lowest BCUT2D eigenvalue weighted by atomic mass is 9.84. The first-order valence-corrected chi connectivity index (χ1v) is 12.9. The molecular formula is C25H26N2O5S. The summed E-state index contributed by atoms with van der Waals surface area (Å²) in [6.07, 6.45) is 5.17. The van der Waals surface area contributed by atoms with Gasteiger partial charge in [0.1, 0.15) is 0 Å². The topological polar surface area (TPSA) is 91.8 Å². The molecule has 1 saturated heterocycles. The fourth-order valence-electron chi connectivity index (χ4n) is 5.14. The molecule has 33 heavy (non-hydrogen) atoms. The van der Waals surface area contributed by atoms with E-state index in [2.05, 4.69) is 0 Å². The number of nitrogens with zero attached hydrogens (tertiary/aromatic N) is 2. The smallest absolute Gasteiger partial charge is 0.243 e. The van der Waals surface area contributed by atoms with Crippen molar-refractivity contribution in [1.29, 1.82) is 0 Å². The van der Waals surface area contributed by atoms with Gasteiger partial charge in [-0.2, -0.15) is 4.31 Å². The number of piperazine rings is 1. The molecule has 0 atom stereocenters. The third kappa shape index (κ3) is 3.81. The van der Waals surface area contributed by atoms with E-state index in [1.165, 1.54) is 28.9 Å². The summed E-state index contributed by atoms with van der Waals surface area (Å²) in [7, 11) is -3.86. The van der Waals surface area contributed by atoms with Gasteiger partial charge in [0, 0.05) is 54.4 Å². The first kappa shape index (κ1) is 22.0. The van der Waals surface area contributed by atoms with Crippen LogP contribution >= 0.6 is 0 Å². The maximum atomic E-state index is 13.3. The Hall–Kier alpha value is -2.84. The molecule has 1 saturated carbocycles. The molecule has 2 aliphatic carbocycles. The highest BCUT2D eigenvalue weighted by atomic mass is 32.2. The Morgan fingerprint density at radius 2 is 1.33 bits per heavy atom. The quantitative estimate of drug-likeness (QED) is 0.592. The Labute approximate surface area is 193 Å². The minimum absolute atomic E-state index is 0.00571. The van der Waals surface area contributed by atoms with Crippen LogP contribution in [0.5, 0.6) is 0 Å². The number of benzene rings is 2. The van der Waals surface area contributed by atoms with Gasteiger partial charge in [0.05, 0.1) is 4.90 Å². The second kappa shape index (κ2) is 8.50. The Morgan fingerprint density at radius 1 is 0.758 bits per heavy atom. The molecule has 0 aromatic heterocycles. The highest BCUT2D eigenvalue weighted by molar-refractivity contribution is 7.89. The Kier molecular flexibility index (Phi) is 5.66. The largest absolute Gasteiger partial charge is 0.340 e. The summed E-state index contributed by atoms with van der Waals surface area (Å²) >= 11 is 0. The zero-order chi connectivity index (χ0) is 23.2. The van der Waals surface area contributed by atoms with Crippen molar-refractivity contribution >= 4 is 27.5 Å². The van der Waals surface area contributed by atoms with Gasteiger partial charge in [-0.1, -0.05) is 43.5 Å². The molecule has 0 bridgehead atoms. The number of carbonyl (C=O) groups is 3. The van der Waals surface area contributed by atoms with Gasteiger partial charge in [-0.05, 0) is 31.0 Å². The van der Waals surface area contributed by atoms with E-state index in [0.717, 1.165) is 25.7 Å². The van der Waals surface area contributed by atoms with Crippen molar-refractivity contribution < 1.29 is 22.8 Å². The van der Waals surface area contributed by atoms with Crippen molar-refractivity contribution in [2.75, 3.05) is 26.2 Å². The van der Waals surface area contributed by atoms with Crippen LogP contribution in [-0.4, -0.2) is 61.3 Å². The maximum absolute atomic E-state index is 13.3. The van der Waals surface area contributed by atoms with Crippen molar-refractivity contribution in [1.82, 2.24) is 9.21 Å². The second-order valence-corrected chi connectivity index (χ2v) is 10.9. The van der Waals surface area contributed by atoms with Gasteiger partial charge in [-0.15, -0.1) is 0 Å². The van der Waals surface area contributed by atoms with Gasteiger partial charge in [-0.25, -0.2) is 8.42 Å². The summed E-state index contributed by atoms with van der Waals surface area (Å²) in [5, 5.41) is 0. The number of sulfonamides is 1. The Balaban J connectivity index is 1.34. The zero-order valence-electron chi connectivity index (χ0n) is 18.3. The number of ketones is 2. The van der Waals surface area contributed by atoms with E-state index < -0.39 is 10.0 Å². The Bertz CT molecular complexity index is 1240. The lowest BCUT2D eigenvalue weighted by molar-refractivity contribution is -0.137. The molecule has 0 N–H and O–H groups in total. The highest BCUT2D eigenvalue weighted by Crippen LogP contribution is 2.30. The van der Waals surface area contributed by atoms with Crippen molar-refractivity contribution in [3.05, 3.63) is 64.7 Å². The van der Waals surface area contributed by atoms with E-state index in [-0.39, 0.29) is 52.5 Å². The molecule has 172 valence electrons. The van der Waals surface area contributed by atoms with Gasteiger partial charge in [-0.3, -0.25) is 14.4 Å². The average Bonchev–Trinajstić information content (AvgIpc) is 2.87. The first-order valence-electron chi connectivity index (χ1n) is 11.5. The average molecular weight is 467 g/mol. The van der Waals surface area contributed by atoms with Crippen molar-refractivity contribution in [2.24, 2.45) is 5.92 Å². The van der Waals surface area contributed by atoms with Gasteiger partial charge < -0.3 is 4.90 Å². The summed E-state index contributed by atoms with van der Waals surface area (Å²) in [5.41, 5.74) is 0.968. The molecular weight excluding hydrogens is 440 g/mol. The molecule has 1 amide bonds. The summed E-state index contributed by atoms with van der Waals surface area (Å²) < 4.78 is 28.0. The van der Waals surface area contributed by atoms with Crippen molar-refractivity contribution in [3.63, 3.8) is 0 Å². The number of carbonyl (C=O) groups excluding carboxylic acids is 3. The summed E-state index contributed by atoms with van der Waals surface area (Å²) in [6.45, 7) is 1.16. The van der Waals surface area contributed by atoms with Crippen LogP contribution in [0.25, 0.3) is 0 Å². The number of hydrogen-bond acceptors (Lipinski definition) is 5. The second-order valence-electron chi connectivity index (χ2n) is 8.98. The molecule has 0 radical (unpaired) electrons. The summed E-state index contributed by atoms with van der Waals surface area (Å²) in [6, 6.07) is 10.7. The number of hydrogen-bond donors (Lipinski definition) is 0. The monoisotopic (exact) mass is 466 g/mol. The molecule has 2 fully saturated rings. The van der Waals surface area contributed by atoms with E-state index >= 15 is 0 Å². The number of rotatable bonds is 3. The van der Waals surface area contributed by atoms with Gasteiger partial charge in [0.2, 0.25) is 15.9 Å². The van der Waals surface area contributed by atoms with Crippen molar-refractivity contribution in [2.45, 2.75) is 37.0 Å². The maximum Gasteiger partial charge on any atom is 0.243 e. The highest BCUT2D eigenvalue weighted by Gasteiger charge is 2.35. The summed E-state index contributed by atoms with van der Waals surface area (Å²) in [5.74, 6) is -0.420. The SMILES string of the molecule is O=C1c2ccccc2C(=O)c2cc(S(=O)(=O)N3CCN(C(=O)C4CCCCC4)CC3)ccc21. The molecule has 3 aliphatic rings. The first-order chi connectivity index (χ1) is 15.9. The van der Waals surface area contributed by atoms with Gasteiger partial charge >= 0.3 is 0 Å². The van der Waals surface area contributed by atoms with Crippen LogP contribution in [0.3, 0.4) is 0 Å². The minimum Gasteiger partial charge on any atom is -0.340 e. The van der Waals surface area contributed by atoms with E-state index in [0.29, 0.717) is 24.2 Å². The number of fused-ring (bicyclic) bond motifs is 2. The van der Waals surface area contributed by atoms with Crippen LogP contribution in [0.4, 0.5) is 0 Å². The third-order valence-corrected chi connectivity index (χ3v) is 8.93. The molecule has 0 spiro atoms. The lowest BCUT2D eigenvalue weighted by Crippen LogP contribution is -2.52. The van der Waals surface area contributed by atoms with Crippen molar-refractivity contribution in [3.8, 4) is 0 Å². The predicted molar refractivity (Wildman–Crippen MR) is 122 cm³/mol. The third-order valence-electron chi connectivity index (χ3n) is 7.04. The molecule has 1 aliphatic heterocycles. The van der Waals surface area contributed by atoms with E-state index in [9.17, 15) is 22.8 Å². The molecule has 1 heterocycles. The van der Waals surface area contributed by atoms with Crippen LogP contribution in [0, 0.1) is 5.92 Å². The van der Waals surface area contributed by atoms with Gasteiger partial charge in [0.15, 0.2) is 11.6 Å². The van der Waals surface area contributed by atoms with Crippen LogP contribution in [0.2, 0.25) is 0 Å². The molecule has 2 aromatic carbocycles. The van der Waals surface area contributed by atoms with E-state index in [4.69, 9.17) is 0 Å². The van der Waals surface area contributed by atoms with Crippen LogP contribution < -0.4 is 0 Å². The fourth-order valence-corrected chi connectivity index (χ4v) is 6.59. The standard InChI is InChI=1S/C25H26N2O5S/c28-23-19-8-4-5-9-20(19)24(29)22-16-18(10-11-21(22)23)33(31,32)27-14-12-26(13-15-27)25(30)17-6-2-1-3-7-17/h4-5,8-11,16-17H,1-3,6-7,12-15H2. The normalized spacial score (nSPS) is 19.8. The zero-order valence-corrected chi connectivity index (χ0v) is 19.1. The molecule has 0 unspecified atom stereocenters. The van der Waals surface area contributed by atoms with E-state index in [1.807, 2.05) is 0 Å². The Morgan fingerprint density at radius 3 is 1.97 bits per heavy atom. The minimum atomic E-state index is -3.86.